The predicted molar refractivity (Wildman–Crippen MR) is 62.3 cm³/mol. The SMILES string of the molecule is O=C(OCCO)c1ccc(C(=O)OCC(O)O)cc1. The second-order valence-electron chi connectivity index (χ2n) is 3.52. The first-order valence-corrected chi connectivity index (χ1v) is 5.46. The summed E-state index contributed by atoms with van der Waals surface area (Å²) in [6.45, 7) is -0.893. The van der Waals surface area contributed by atoms with Crippen LogP contribution in [-0.4, -0.2) is 53.4 Å². The van der Waals surface area contributed by atoms with Gasteiger partial charge in [-0.25, -0.2) is 9.59 Å². The number of aliphatic hydroxyl groups excluding tert-OH is 2. The highest BCUT2D eigenvalue weighted by atomic mass is 16.6. The van der Waals surface area contributed by atoms with Crippen molar-refractivity contribution in [2.75, 3.05) is 19.8 Å². The van der Waals surface area contributed by atoms with Crippen molar-refractivity contribution in [1.82, 2.24) is 0 Å². The van der Waals surface area contributed by atoms with Gasteiger partial charge in [0, 0.05) is 0 Å². The number of carbonyl (C=O) groups is 2. The Morgan fingerprint density at radius 1 is 1.00 bits per heavy atom. The molecule has 0 heterocycles. The van der Waals surface area contributed by atoms with Gasteiger partial charge in [-0.1, -0.05) is 0 Å². The molecule has 0 aliphatic heterocycles. The Kier molecular flexibility index (Phi) is 5.94. The number of rotatable bonds is 6. The van der Waals surface area contributed by atoms with Gasteiger partial charge in [0.25, 0.3) is 0 Å². The number of carbonyl (C=O) groups excluding carboxylic acids is 2. The number of aliphatic hydroxyl groups is 3. The first-order valence-electron chi connectivity index (χ1n) is 5.46. The van der Waals surface area contributed by atoms with E-state index in [2.05, 4.69) is 9.47 Å². The van der Waals surface area contributed by atoms with Crippen LogP contribution in [0.25, 0.3) is 0 Å². The monoisotopic (exact) mass is 270 g/mol. The van der Waals surface area contributed by atoms with Gasteiger partial charge >= 0.3 is 11.9 Å². The molecule has 19 heavy (non-hydrogen) atoms. The minimum Gasteiger partial charge on any atom is -0.460 e. The Morgan fingerprint density at radius 2 is 1.47 bits per heavy atom. The van der Waals surface area contributed by atoms with Gasteiger partial charge in [-0.05, 0) is 24.3 Å². The van der Waals surface area contributed by atoms with E-state index >= 15 is 0 Å². The third kappa shape index (κ3) is 5.04. The lowest BCUT2D eigenvalue weighted by molar-refractivity contribution is -0.0812. The normalized spacial score (nSPS) is 10.3. The maximum atomic E-state index is 11.4. The molecule has 1 aromatic carbocycles. The minimum atomic E-state index is -1.73. The molecule has 0 spiro atoms. The fourth-order valence-electron chi connectivity index (χ4n) is 1.20. The first-order chi connectivity index (χ1) is 9.04. The lowest BCUT2D eigenvalue weighted by Gasteiger charge is -2.06. The molecule has 0 saturated carbocycles. The number of ether oxygens (including phenoxy) is 2. The lowest BCUT2D eigenvalue weighted by atomic mass is 10.1. The van der Waals surface area contributed by atoms with Gasteiger partial charge in [-0.15, -0.1) is 0 Å². The average Bonchev–Trinajstić information content (AvgIpc) is 2.42. The highest BCUT2D eigenvalue weighted by Gasteiger charge is 2.11. The molecule has 0 radical (unpaired) electrons. The molecule has 3 N–H and O–H groups in total. The number of hydrogen-bond acceptors (Lipinski definition) is 7. The van der Waals surface area contributed by atoms with Crippen LogP contribution in [-0.2, 0) is 9.47 Å². The fourth-order valence-corrected chi connectivity index (χ4v) is 1.20. The van der Waals surface area contributed by atoms with Crippen molar-refractivity contribution in [2.24, 2.45) is 0 Å². The number of esters is 2. The molecule has 7 heteroatoms. The van der Waals surface area contributed by atoms with E-state index in [1.54, 1.807) is 0 Å². The van der Waals surface area contributed by atoms with Crippen LogP contribution in [0.15, 0.2) is 24.3 Å². The zero-order valence-corrected chi connectivity index (χ0v) is 9.98. The van der Waals surface area contributed by atoms with Crippen LogP contribution < -0.4 is 0 Å². The third-order valence-corrected chi connectivity index (χ3v) is 2.04. The second kappa shape index (κ2) is 7.47. The molecular weight excluding hydrogens is 256 g/mol. The van der Waals surface area contributed by atoms with Crippen molar-refractivity contribution < 1.29 is 34.4 Å². The van der Waals surface area contributed by atoms with Crippen molar-refractivity contribution in [3.05, 3.63) is 35.4 Å². The molecule has 0 unspecified atom stereocenters. The van der Waals surface area contributed by atoms with Crippen molar-refractivity contribution in [3.63, 3.8) is 0 Å². The highest BCUT2D eigenvalue weighted by molar-refractivity contribution is 5.93. The molecule has 0 atom stereocenters. The van der Waals surface area contributed by atoms with Gasteiger partial charge in [-0.2, -0.15) is 0 Å². The first kappa shape index (κ1) is 15.1. The third-order valence-electron chi connectivity index (χ3n) is 2.04. The molecule has 0 amide bonds. The lowest BCUT2D eigenvalue weighted by Crippen LogP contribution is -2.17. The largest absolute Gasteiger partial charge is 0.460 e. The van der Waals surface area contributed by atoms with Crippen molar-refractivity contribution in [1.29, 1.82) is 0 Å². The number of hydrogen-bond donors (Lipinski definition) is 3. The fraction of sp³-hybridized carbons (Fsp3) is 0.333. The molecular formula is C12H14O7. The van der Waals surface area contributed by atoms with Crippen molar-refractivity contribution in [2.45, 2.75) is 6.29 Å². The van der Waals surface area contributed by atoms with Crippen molar-refractivity contribution in [3.8, 4) is 0 Å². The van der Waals surface area contributed by atoms with Crippen LogP contribution in [0.3, 0.4) is 0 Å². The van der Waals surface area contributed by atoms with Gasteiger partial charge in [0.1, 0.15) is 13.2 Å². The summed E-state index contributed by atoms with van der Waals surface area (Å²) in [5, 5.41) is 25.6. The maximum Gasteiger partial charge on any atom is 0.338 e. The van der Waals surface area contributed by atoms with E-state index in [0.717, 1.165) is 0 Å². The van der Waals surface area contributed by atoms with E-state index < -0.39 is 24.8 Å². The Labute approximate surface area is 109 Å². The van der Waals surface area contributed by atoms with Crippen molar-refractivity contribution >= 4 is 11.9 Å². The highest BCUT2D eigenvalue weighted by Crippen LogP contribution is 2.07. The van der Waals surface area contributed by atoms with Crippen LogP contribution in [0.5, 0.6) is 0 Å². The smallest absolute Gasteiger partial charge is 0.338 e. The van der Waals surface area contributed by atoms with E-state index in [4.69, 9.17) is 15.3 Å². The standard InChI is InChI=1S/C12H14O7/c13-5-6-18-11(16)8-1-3-9(4-2-8)12(17)19-7-10(14)15/h1-4,10,13-15H,5-7H2. The molecule has 1 rings (SSSR count). The Balaban J connectivity index is 2.60. The molecule has 0 aliphatic carbocycles. The van der Waals surface area contributed by atoms with E-state index in [9.17, 15) is 9.59 Å². The van der Waals surface area contributed by atoms with Gasteiger partial charge in [-0.3, -0.25) is 0 Å². The van der Waals surface area contributed by atoms with Gasteiger partial charge in [0.15, 0.2) is 6.29 Å². The average molecular weight is 270 g/mol. The summed E-state index contributed by atoms with van der Waals surface area (Å²) in [6.07, 6.45) is -1.73. The molecule has 0 bridgehead atoms. The van der Waals surface area contributed by atoms with Crippen LogP contribution >= 0.6 is 0 Å². The molecule has 104 valence electrons. The van der Waals surface area contributed by atoms with Crippen LogP contribution in [0.1, 0.15) is 20.7 Å². The molecule has 0 fully saturated rings. The van der Waals surface area contributed by atoms with E-state index in [1.165, 1.54) is 24.3 Å². The van der Waals surface area contributed by atoms with E-state index in [0.29, 0.717) is 0 Å². The number of benzene rings is 1. The summed E-state index contributed by atoms with van der Waals surface area (Å²) in [6, 6.07) is 5.43. The van der Waals surface area contributed by atoms with Crippen LogP contribution in [0.4, 0.5) is 0 Å². The Hall–Kier alpha value is -1.96. The summed E-state index contributed by atoms with van der Waals surface area (Å²) in [4.78, 5) is 22.8. The van der Waals surface area contributed by atoms with Gasteiger partial charge in [0.2, 0.25) is 0 Å². The summed E-state index contributed by atoms with van der Waals surface area (Å²) in [5.41, 5.74) is 0.395. The summed E-state index contributed by atoms with van der Waals surface area (Å²) in [5.74, 6) is -1.34. The zero-order valence-electron chi connectivity index (χ0n) is 9.98. The zero-order chi connectivity index (χ0) is 14.3. The van der Waals surface area contributed by atoms with Gasteiger partial charge < -0.3 is 24.8 Å². The summed E-state index contributed by atoms with van der Waals surface area (Å²) >= 11 is 0. The quantitative estimate of drug-likeness (QED) is 0.463. The van der Waals surface area contributed by atoms with Crippen LogP contribution in [0.2, 0.25) is 0 Å². The van der Waals surface area contributed by atoms with Gasteiger partial charge in [0.05, 0.1) is 17.7 Å². The Bertz CT molecular complexity index is 424. The predicted octanol–water partition coefficient (Wildman–Crippen LogP) is -0.697. The van der Waals surface area contributed by atoms with Crippen LogP contribution in [0, 0.1) is 0 Å². The second-order valence-corrected chi connectivity index (χ2v) is 3.52. The minimum absolute atomic E-state index is 0.100. The molecule has 0 aliphatic rings. The Morgan fingerprint density at radius 3 is 1.89 bits per heavy atom. The molecule has 0 saturated heterocycles. The van der Waals surface area contributed by atoms with E-state index in [1.807, 2.05) is 0 Å². The van der Waals surface area contributed by atoms with E-state index in [-0.39, 0.29) is 24.3 Å². The molecule has 7 nitrogen and oxygen atoms in total. The topological polar surface area (TPSA) is 113 Å². The summed E-state index contributed by atoms with van der Waals surface area (Å²) in [7, 11) is 0. The molecule has 0 aromatic heterocycles. The maximum absolute atomic E-state index is 11.4. The summed E-state index contributed by atoms with van der Waals surface area (Å²) < 4.78 is 9.25. The molecule has 1 aromatic rings.